The summed E-state index contributed by atoms with van der Waals surface area (Å²) in [6.45, 7) is 8.77. The van der Waals surface area contributed by atoms with Crippen LogP contribution in [0.5, 0.6) is 5.75 Å². The predicted molar refractivity (Wildman–Crippen MR) is 121 cm³/mol. The van der Waals surface area contributed by atoms with Crippen molar-refractivity contribution in [2.24, 2.45) is 5.92 Å². The van der Waals surface area contributed by atoms with Crippen molar-refractivity contribution in [2.75, 3.05) is 17.2 Å². The van der Waals surface area contributed by atoms with Gasteiger partial charge in [-0.25, -0.2) is 9.97 Å². The van der Waals surface area contributed by atoms with Crippen LogP contribution in [0.3, 0.4) is 0 Å². The zero-order chi connectivity index (χ0) is 21.5. The van der Waals surface area contributed by atoms with Crippen molar-refractivity contribution >= 4 is 23.1 Å². The Hall–Kier alpha value is -3.41. The molecule has 3 rings (SSSR count). The molecule has 0 saturated carbocycles. The van der Waals surface area contributed by atoms with Crippen molar-refractivity contribution in [3.05, 3.63) is 71.7 Å². The minimum atomic E-state index is -0.172. The molecular weight excluding hydrogens is 376 g/mol. The average Bonchev–Trinajstić information content (AvgIpc) is 2.73. The molecule has 0 atom stereocenters. The summed E-state index contributed by atoms with van der Waals surface area (Å²) in [6.07, 6.45) is 2.33. The lowest BCUT2D eigenvalue weighted by Gasteiger charge is -2.14. The maximum Gasteiger partial charge on any atom is 0.255 e. The first-order valence-corrected chi connectivity index (χ1v) is 10.2. The summed E-state index contributed by atoms with van der Waals surface area (Å²) in [4.78, 5) is 21.2. The number of benzene rings is 2. The van der Waals surface area contributed by atoms with Gasteiger partial charge in [-0.2, -0.15) is 0 Å². The zero-order valence-corrected chi connectivity index (χ0v) is 17.9. The van der Waals surface area contributed by atoms with Crippen LogP contribution >= 0.6 is 0 Å². The zero-order valence-electron chi connectivity index (χ0n) is 17.9. The van der Waals surface area contributed by atoms with Gasteiger partial charge in [0.05, 0.1) is 6.61 Å². The Balaban J connectivity index is 1.78. The topological polar surface area (TPSA) is 76.1 Å². The van der Waals surface area contributed by atoms with Crippen LogP contribution in [-0.2, 0) is 6.42 Å². The Kier molecular flexibility index (Phi) is 7.01. The number of aromatic nitrogens is 2. The summed E-state index contributed by atoms with van der Waals surface area (Å²) in [5.74, 6) is 1.65. The van der Waals surface area contributed by atoms with Crippen molar-refractivity contribution in [1.29, 1.82) is 0 Å². The maximum absolute atomic E-state index is 12.9. The highest BCUT2D eigenvalue weighted by atomic mass is 16.5. The smallest absolute Gasteiger partial charge is 0.255 e. The minimum absolute atomic E-state index is 0.172. The van der Waals surface area contributed by atoms with Crippen LogP contribution in [0.25, 0.3) is 0 Å². The van der Waals surface area contributed by atoms with E-state index in [1.54, 1.807) is 12.1 Å². The monoisotopic (exact) mass is 404 g/mol. The summed E-state index contributed by atoms with van der Waals surface area (Å²) in [5, 5.41) is 6.30. The molecule has 156 valence electrons. The van der Waals surface area contributed by atoms with Crippen molar-refractivity contribution in [2.45, 2.75) is 34.1 Å². The maximum atomic E-state index is 12.9. The van der Waals surface area contributed by atoms with E-state index in [4.69, 9.17) is 4.74 Å². The molecule has 0 aliphatic rings. The third-order valence-corrected chi connectivity index (χ3v) is 4.49. The van der Waals surface area contributed by atoms with Gasteiger partial charge in [0.1, 0.15) is 17.9 Å². The van der Waals surface area contributed by atoms with Crippen LogP contribution in [0.2, 0.25) is 0 Å². The Morgan fingerprint density at radius 2 is 1.93 bits per heavy atom. The molecule has 0 bridgehead atoms. The highest BCUT2D eigenvalue weighted by Crippen LogP contribution is 2.25. The molecule has 6 heteroatoms. The molecule has 0 radical (unpaired) electrons. The first-order valence-electron chi connectivity index (χ1n) is 10.2. The summed E-state index contributed by atoms with van der Waals surface area (Å²) < 4.78 is 5.75. The molecule has 0 spiro atoms. The molecule has 30 heavy (non-hydrogen) atoms. The number of nitrogens with one attached hydrogen (secondary N) is 2. The molecule has 6 nitrogen and oxygen atoms in total. The van der Waals surface area contributed by atoms with Gasteiger partial charge in [0, 0.05) is 28.7 Å². The van der Waals surface area contributed by atoms with Crippen LogP contribution in [0.4, 0.5) is 17.2 Å². The van der Waals surface area contributed by atoms with Crippen LogP contribution in [0.1, 0.15) is 42.4 Å². The lowest BCUT2D eigenvalue weighted by Crippen LogP contribution is -2.14. The Morgan fingerprint density at radius 1 is 1.10 bits per heavy atom. The van der Waals surface area contributed by atoms with E-state index in [0.717, 1.165) is 29.1 Å². The van der Waals surface area contributed by atoms with Gasteiger partial charge in [0.2, 0.25) is 0 Å². The standard InChI is InChI=1S/C24H28N4O2/c1-5-18-9-10-20(27-23-11-17(4)25-15-26-23)13-22(18)28-24(29)19-7-6-8-21(12-19)30-14-16(2)3/h6-13,15-16H,5,14H2,1-4H3,(H,28,29)(H,25,26,27). The van der Waals surface area contributed by atoms with Gasteiger partial charge in [-0.05, 0) is 55.2 Å². The summed E-state index contributed by atoms with van der Waals surface area (Å²) >= 11 is 0. The molecule has 2 N–H and O–H groups in total. The normalized spacial score (nSPS) is 10.7. The molecule has 1 heterocycles. The molecule has 0 unspecified atom stereocenters. The Labute approximate surface area is 177 Å². The predicted octanol–water partition coefficient (Wildman–Crippen LogP) is 5.38. The van der Waals surface area contributed by atoms with E-state index in [1.165, 1.54) is 6.33 Å². The SMILES string of the molecule is CCc1ccc(Nc2cc(C)ncn2)cc1NC(=O)c1cccc(OCC(C)C)c1. The van der Waals surface area contributed by atoms with E-state index >= 15 is 0 Å². The summed E-state index contributed by atoms with van der Waals surface area (Å²) in [7, 11) is 0. The average molecular weight is 405 g/mol. The number of hydrogen-bond acceptors (Lipinski definition) is 5. The summed E-state index contributed by atoms with van der Waals surface area (Å²) in [5.41, 5.74) is 4.11. The number of anilines is 3. The molecule has 0 aliphatic carbocycles. The lowest BCUT2D eigenvalue weighted by atomic mass is 10.1. The second-order valence-corrected chi connectivity index (χ2v) is 7.58. The van der Waals surface area contributed by atoms with Crippen molar-refractivity contribution < 1.29 is 9.53 Å². The van der Waals surface area contributed by atoms with E-state index in [9.17, 15) is 4.79 Å². The van der Waals surface area contributed by atoms with Crippen LogP contribution in [0.15, 0.2) is 54.9 Å². The Morgan fingerprint density at radius 3 is 2.67 bits per heavy atom. The first-order chi connectivity index (χ1) is 14.4. The number of amides is 1. The molecule has 0 aliphatic heterocycles. The number of rotatable bonds is 8. The fourth-order valence-electron chi connectivity index (χ4n) is 2.93. The number of nitrogens with zero attached hydrogens (tertiary/aromatic N) is 2. The molecule has 2 aromatic carbocycles. The van der Waals surface area contributed by atoms with E-state index in [1.807, 2.05) is 43.3 Å². The fraction of sp³-hybridized carbons (Fsp3) is 0.292. The number of carbonyl (C=O) groups excluding carboxylic acids is 1. The number of carbonyl (C=O) groups is 1. The number of ether oxygens (including phenoxy) is 1. The first kappa shape index (κ1) is 21.3. The second-order valence-electron chi connectivity index (χ2n) is 7.58. The van der Waals surface area contributed by atoms with E-state index < -0.39 is 0 Å². The third-order valence-electron chi connectivity index (χ3n) is 4.49. The van der Waals surface area contributed by atoms with E-state index in [0.29, 0.717) is 29.7 Å². The lowest BCUT2D eigenvalue weighted by molar-refractivity contribution is 0.102. The summed E-state index contributed by atoms with van der Waals surface area (Å²) in [6, 6.07) is 15.0. The number of aryl methyl sites for hydroxylation is 2. The Bertz CT molecular complexity index is 1020. The highest BCUT2D eigenvalue weighted by molar-refractivity contribution is 6.05. The third kappa shape index (κ3) is 5.80. The van der Waals surface area contributed by atoms with Crippen LogP contribution in [-0.4, -0.2) is 22.5 Å². The van der Waals surface area contributed by atoms with Crippen LogP contribution in [0, 0.1) is 12.8 Å². The van der Waals surface area contributed by atoms with Crippen molar-refractivity contribution in [3.63, 3.8) is 0 Å². The van der Waals surface area contributed by atoms with Gasteiger partial charge in [-0.15, -0.1) is 0 Å². The van der Waals surface area contributed by atoms with Gasteiger partial charge in [-0.3, -0.25) is 4.79 Å². The molecule has 0 fully saturated rings. The largest absolute Gasteiger partial charge is 0.493 e. The van der Waals surface area contributed by atoms with E-state index in [-0.39, 0.29) is 5.91 Å². The molecule has 1 amide bonds. The molecule has 3 aromatic rings. The highest BCUT2D eigenvalue weighted by Gasteiger charge is 2.11. The van der Waals surface area contributed by atoms with Gasteiger partial charge >= 0.3 is 0 Å². The minimum Gasteiger partial charge on any atom is -0.493 e. The van der Waals surface area contributed by atoms with Gasteiger partial charge < -0.3 is 15.4 Å². The van der Waals surface area contributed by atoms with Gasteiger partial charge in [0.15, 0.2) is 0 Å². The molecular formula is C24H28N4O2. The quantitative estimate of drug-likeness (QED) is 0.527. The second kappa shape index (κ2) is 9.87. The van der Waals surface area contributed by atoms with Crippen LogP contribution < -0.4 is 15.4 Å². The van der Waals surface area contributed by atoms with Crippen molar-refractivity contribution in [3.8, 4) is 5.75 Å². The van der Waals surface area contributed by atoms with Gasteiger partial charge in [-0.1, -0.05) is 32.9 Å². The number of hydrogen-bond donors (Lipinski definition) is 2. The molecule has 0 saturated heterocycles. The van der Waals surface area contributed by atoms with Gasteiger partial charge in [0.25, 0.3) is 5.91 Å². The van der Waals surface area contributed by atoms with E-state index in [2.05, 4.69) is 41.4 Å². The fourth-order valence-corrected chi connectivity index (χ4v) is 2.93. The van der Waals surface area contributed by atoms with Crippen molar-refractivity contribution in [1.82, 2.24) is 9.97 Å². The molecule has 1 aromatic heterocycles.